The van der Waals surface area contributed by atoms with Crippen LogP contribution in [0.5, 0.6) is 0 Å². The third kappa shape index (κ3) is 3.15. The van der Waals surface area contributed by atoms with Gasteiger partial charge in [-0.25, -0.2) is 18.1 Å². The largest absolute Gasteiger partial charge is 0.326 e. The van der Waals surface area contributed by atoms with Crippen LogP contribution in [0.1, 0.15) is 15.6 Å². The van der Waals surface area contributed by atoms with E-state index in [2.05, 4.69) is 9.71 Å². The smallest absolute Gasteiger partial charge is 0.241 e. The van der Waals surface area contributed by atoms with Crippen molar-refractivity contribution >= 4 is 32.7 Å². The third-order valence-electron chi connectivity index (χ3n) is 2.25. The predicted molar refractivity (Wildman–Crippen MR) is 73.1 cm³/mol. The number of nitrogens with one attached hydrogen (secondary N) is 1. The zero-order chi connectivity index (χ0) is 13.2. The standard InChI is InChI=1S/C10H13N3O2S3/c1-7-13-8(5-16-7)4-12-18(14,15)10-2-9(3-11)17-6-10/h2,5-6,12H,3-4,11H2,1H3. The molecule has 2 heterocycles. The monoisotopic (exact) mass is 303 g/mol. The van der Waals surface area contributed by atoms with Gasteiger partial charge in [0.1, 0.15) is 0 Å². The van der Waals surface area contributed by atoms with Crippen LogP contribution in [0.25, 0.3) is 0 Å². The van der Waals surface area contributed by atoms with Crippen LogP contribution in [0.4, 0.5) is 0 Å². The van der Waals surface area contributed by atoms with E-state index < -0.39 is 10.0 Å². The normalized spacial score (nSPS) is 11.9. The van der Waals surface area contributed by atoms with Crippen molar-refractivity contribution in [2.45, 2.75) is 24.9 Å². The van der Waals surface area contributed by atoms with Gasteiger partial charge in [-0.1, -0.05) is 0 Å². The molecule has 2 aromatic rings. The van der Waals surface area contributed by atoms with Crippen molar-refractivity contribution in [3.8, 4) is 0 Å². The van der Waals surface area contributed by atoms with Gasteiger partial charge in [0, 0.05) is 22.2 Å². The second-order valence-electron chi connectivity index (χ2n) is 3.64. The summed E-state index contributed by atoms with van der Waals surface area (Å²) in [4.78, 5) is 5.31. The number of nitrogens with zero attached hydrogens (tertiary/aromatic N) is 1. The van der Waals surface area contributed by atoms with Crippen LogP contribution in [0, 0.1) is 6.92 Å². The maximum atomic E-state index is 12.0. The van der Waals surface area contributed by atoms with Crippen LogP contribution in [0.15, 0.2) is 21.7 Å². The van der Waals surface area contributed by atoms with Crippen molar-refractivity contribution in [1.82, 2.24) is 9.71 Å². The lowest BCUT2D eigenvalue weighted by atomic mass is 10.5. The Balaban J connectivity index is 2.07. The van der Waals surface area contributed by atoms with Crippen LogP contribution < -0.4 is 10.5 Å². The number of aryl methyl sites for hydroxylation is 1. The number of thiazole rings is 1. The molecule has 5 nitrogen and oxygen atoms in total. The highest BCUT2D eigenvalue weighted by molar-refractivity contribution is 7.89. The highest BCUT2D eigenvalue weighted by Gasteiger charge is 2.16. The molecule has 8 heteroatoms. The number of hydrogen-bond acceptors (Lipinski definition) is 6. The summed E-state index contributed by atoms with van der Waals surface area (Å²) in [5.41, 5.74) is 6.19. The van der Waals surface area contributed by atoms with Crippen molar-refractivity contribution in [3.63, 3.8) is 0 Å². The molecule has 0 saturated carbocycles. The van der Waals surface area contributed by atoms with Gasteiger partial charge < -0.3 is 5.73 Å². The quantitative estimate of drug-likeness (QED) is 0.875. The summed E-state index contributed by atoms with van der Waals surface area (Å²) >= 11 is 2.84. The molecule has 2 aromatic heterocycles. The van der Waals surface area contributed by atoms with Gasteiger partial charge in [0.25, 0.3) is 0 Å². The first-order chi connectivity index (χ1) is 8.51. The molecule has 0 unspecified atom stereocenters. The topological polar surface area (TPSA) is 85.1 Å². The molecule has 0 radical (unpaired) electrons. The Hall–Kier alpha value is -0.800. The van der Waals surface area contributed by atoms with Crippen molar-refractivity contribution < 1.29 is 8.42 Å². The minimum atomic E-state index is -3.47. The number of sulfonamides is 1. The fraction of sp³-hybridized carbons (Fsp3) is 0.300. The highest BCUT2D eigenvalue weighted by atomic mass is 32.2. The molecule has 0 saturated heterocycles. The molecule has 3 N–H and O–H groups in total. The van der Waals surface area contributed by atoms with Gasteiger partial charge >= 0.3 is 0 Å². The second kappa shape index (κ2) is 5.45. The van der Waals surface area contributed by atoms with Gasteiger partial charge in [0.05, 0.1) is 22.1 Å². The minimum Gasteiger partial charge on any atom is -0.326 e. The predicted octanol–water partition coefficient (Wildman–Crippen LogP) is 1.45. The minimum absolute atomic E-state index is 0.209. The van der Waals surface area contributed by atoms with Crippen molar-refractivity contribution in [2.24, 2.45) is 5.73 Å². The summed E-state index contributed by atoms with van der Waals surface area (Å²) in [5.74, 6) is 0. The van der Waals surface area contributed by atoms with Crippen molar-refractivity contribution in [3.05, 3.63) is 32.4 Å². The summed E-state index contributed by atoms with van der Waals surface area (Å²) in [7, 11) is -3.47. The number of thiophene rings is 1. The summed E-state index contributed by atoms with van der Waals surface area (Å²) < 4.78 is 26.5. The molecule has 2 rings (SSSR count). The first-order valence-electron chi connectivity index (χ1n) is 5.19. The Morgan fingerprint density at radius 2 is 2.17 bits per heavy atom. The van der Waals surface area contributed by atoms with Crippen LogP contribution in [0.2, 0.25) is 0 Å². The van der Waals surface area contributed by atoms with Crippen molar-refractivity contribution in [1.29, 1.82) is 0 Å². The summed E-state index contributed by atoms with van der Waals surface area (Å²) in [6.45, 7) is 2.45. The van der Waals surface area contributed by atoms with Gasteiger partial charge in [-0.05, 0) is 13.0 Å². The average Bonchev–Trinajstić information content (AvgIpc) is 2.95. The van der Waals surface area contributed by atoms with Gasteiger partial charge in [-0.2, -0.15) is 0 Å². The van der Waals surface area contributed by atoms with Crippen LogP contribution >= 0.6 is 22.7 Å². The Morgan fingerprint density at radius 1 is 1.39 bits per heavy atom. The van der Waals surface area contributed by atoms with Crippen molar-refractivity contribution in [2.75, 3.05) is 0 Å². The number of hydrogen-bond donors (Lipinski definition) is 2. The fourth-order valence-electron chi connectivity index (χ4n) is 1.35. The highest BCUT2D eigenvalue weighted by Crippen LogP contribution is 2.19. The molecule has 18 heavy (non-hydrogen) atoms. The zero-order valence-electron chi connectivity index (χ0n) is 9.71. The zero-order valence-corrected chi connectivity index (χ0v) is 12.2. The van der Waals surface area contributed by atoms with E-state index in [-0.39, 0.29) is 11.4 Å². The molecule has 0 atom stereocenters. The first-order valence-corrected chi connectivity index (χ1v) is 8.43. The Morgan fingerprint density at radius 3 is 2.72 bits per heavy atom. The molecule has 98 valence electrons. The van der Waals surface area contributed by atoms with E-state index in [0.29, 0.717) is 6.54 Å². The molecule has 0 aliphatic carbocycles. The van der Waals surface area contributed by atoms with E-state index in [1.165, 1.54) is 22.7 Å². The van der Waals surface area contributed by atoms with E-state index in [4.69, 9.17) is 5.73 Å². The van der Waals surface area contributed by atoms with Gasteiger partial charge in [0.15, 0.2) is 0 Å². The number of nitrogens with two attached hydrogens (primary N) is 1. The molecule has 0 amide bonds. The van der Waals surface area contributed by atoms with Gasteiger partial charge in [-0.15, -0.1) is 22.7 Å². The average molecular weight is 303 g/mol. The van der Waals surface area contributed by atoms with Gasteiger partial charge in [-0.3, -0.25) is 0 Å². The van der Waals surface area contributed by atoms with Crippen LogP contribution in [0.3, 0.4) is 0 Å². The number of aromatic nitrogens is 1. The Labute approximate surface area is 114 Å². The molecule has 0 aromatic carbocycles. The SMILES string of the molecule is Cc1nc(CNS(=O)(=O)c2csc(CN)c2)cs1. The van der Waals surface area contributed by atoms with Gasteiger partial charge in [0.2, 0.25) is 10.0 Å². The maximum Gasteiger partial charge on any atom is 0.241 e. The lowest BCUT2D eigenvalue weighted by Crippen LogP contribution is -2.23. The third-order valence-corrected chi connectivity index (χ3v) is 5.56. The summed E-state index contributed by atoms with van der Waals surface area (Å²) in [6.07, 6.45) is 0. The first kappa shape index (κ1) is 13.6. The summed E-state index contributed by atoms with van der Waals surface area (Å²) in [5, 5.41) is 4.36. The fourth-order valence-corrected chi connectivity index (χ4v) is 4.12. The second-order valence-corrected chi connectivity index (χ2v) is 7.46. The Bertz CT molecular complexity index is 630. The molecule has 0 aliphatic heterocycles. The lowest BCUT2D eigenvalue weighted by Gasteiger charge is -2.02. The van der Waals surface area contributed by atoms with E-state index in [1.54, 1.807) is 11.4 Å². The molecule has 0 spiro atoms. The van der Waals surface area contributed by atoms with Crippen LogP contribution in [-0.2, 0) is 23.1 Å². The maximum absolute atomic E-state index is 12.0. The molecule has 0 bridgehead atoms. The molecular formula is C10H13N3O2S3. The van der Waals surface area contributed by atoms with E-state index in [0.717, 1.165) is 15.6 Å². The molecule has 0 aliphatic rings. The number of rotatable bonds is 5. The lowest BCUT2D eigenvalue weighted by molar-refractivity contribution is 0.581. The molecular weight excluding hydrogens is 290 g/mol. The van der Waals surface area contributed by atoms with E-state index in [9.17, 15) is 8.42 Å². The molecule has 0 fully saturated rings. The Kier molecular flexibility index (Phi) is 4.13. The van der Waals surface area contributed by atoms with E-state index >= 15 is 0 Å². The van der Waals surface area contributed by atoms with E-state index in [1.807, 2.05) is 12.3 Å². The van der Waals surface area contributed by atoms with Crippen LogP contribution in [-0.4, -0.2) is 13.4 Å². The summed E-state index contributed by atoms with van der Waals surface area (Å²) in [6, 6.07) is 1.60.